The molecule has 2 nitrogen and oxygen atoms in total. The Hall–Kier alpha value is -0.600. The minimum absolute atomic E-state index is 0.729. The average molecular weight is 262 g/mol. The second-order valence-electron chi connectivity index (χ2n) is 6.05. The molecular weight excluding hydrogens is 232 g/mol. The van der Waals surface area contributed by atoms with Crippen LogP contribution in [0.2, 0.25) is 0 Å². The summed E-state index contributed by atoms with van der Waals surface area (Å²) in [4.78, 5) is 0. The molecule has 0 N–H and O–H groups in total. The van der Waals surface area contributed by atoms with E-state index in [-0.39, 0.29) is 0 Å². The lowest BCUT2D eigenvalue weighted by Gasteiger charge is -2.34. The van der Waals surface area contributed by atoms with Crippen LogP contribution in [0.25, 0.3) is 0 Å². The Labute approximate surface area is 119 Å². The molecule has 19 heavy (non-hydrogen) atoms. The van der Waals surface area contributed by atoms with E-state index in [0.29, 0.717) is 0 Å². The zero-order chi connectivity index (χ0) is 13.5. The first-order valence-electron chi connectivity index (χ1n) is 8.11. The summed E-state index contributed by atoms with van der Waals surface area (Å²) < 4.78 is 0. The second kappa shape index (κ2) is 7.86. The lowest BCUT2D eigenvalue weighted by molar-refractivity contribution is 0.00242. The molecule has 0 aromatic heterocycles. The third-order valence-electron chi connectivity index (χ3n) is 4.70. The van der Waals surface area contributed by atoms with Crippen molar-refractivity contribution in [3.63, 3.8) is 0 Å². The fourth-order valence-electron chi connectivity index (χ4n) is 3.77. The van der Waals surface area contributed by atoms with Crippen molar-refractivity contribution in [1.82, 2.24) is 10.0 Å². The summed E-state index contributed by atoms with van der Waals surface area (Å²) >= 11 is 0. The highest BCUT2D eigenvalue weighted by atomic mass is 15.6. The number of hydrogen-bond acceptors (Lipinski definition) is 2. The van der Waals surface area contributed by atoms with Gasteiger partial charge >= 0.3 is 0 Å². The molecular formula is C17H30N2+. The molecule has 2 rings (SSSR count). The van der Waals surface area contributed by atoms with E-state index in [1.165, 1.54) is 57.8 Å². The first kappa shape index (κ1) is 14.8. The van der Waals surface area contributed by atoms with E-state index >= 15 is 0 Å². The largest absolute Gasteiger partial charge is 0.163 e. The molecule has 107 valence electrons. The Morgan fingerprint density at radius 1 is 0.895 bits per heavy atom. The van der Waals surface area contributed by atoms with Crippen molar-refractivity contribution < 1.29 is 0 Å². The van der Waals surface area contributed by atoms with Crippen molar-refractivity contribution >= 4 is 0 Å². The van der Waals surface area contributed by atoms with E-state index in [1.807, 2.05) is 0 Å². The van der Waals surface area contributed by atoms with Crippen LogP contribution in [-0.4, -0.2) is 30.2 Å². The molecule has 0 bridgehead atoms. The van der Waals surface area contributed by atoms with Gasteiger partial charge in [0.05, 0.1) is 12.6 Å². The maximum Gasteiger partial charge on any atom is 0.163 e. The van der Waals surface area contributed by atoms with E-state index in [1.54, 1.807) is 0 Å². The van der Waals surface area contributed by atoms with Gasteiger partial charge in [-0.2, -0.15) is 0 Å². The van der Waals surface area contributed by atoms with Gasteiger partial charge in [-0.1, -0.05) is 41.9 Å². The molecule has 0 aliphatic heterocycles. The maximum absolute atomic E-state index is 3.97. The van der Waals surface area contributed by atoms with Gasteiger partial charge < -0.3 is 0 Å². The Bertz CT molecular complexity index is 275. The molecule has 0 aromatic carbocycles. The Morgan fingerprint density at radius 2 is 1.53 bits per heavy atom. The Kier molecular flexibility index (Phi) is 6.12. The van der Waals surface area contributed by atoms with Crippen LogP contribution in [-0.2, 0) is 0 Å². The molecule has 2 aliphatic rings. The van der Waals surface area contributed by atoms with E-state index in [0.717, 1.165) is 25.2 Å². The summed E-state index contributed by atoms with van der Waals surface area (Å²) in [5, 5.41) is 5.22. The highest BCUT2D eigenvalue weighted by Crippen LogP contribution is 2.28. The van der Waals surface area contributed by atoms with Crippen molar-refractivity contribution in [2.45, 2.75) is 69.9 Å². The second-order valence-corrected chi connectivity index (χ2v) is 6.05. The molecule has 0 atom stereocenters. The molecule has 2 fully saturated rings. The zero-order valence-electron chi connectivity index (χ0n) is 12.4. The van der Waals surface area contributed by atoms with Crippen LogP contribution in [0.15, 0.2) is 25.3 Å². The van der Waals surface area contributed by atoms with Gasteiger partial charge in [0.25, 0.3) is 0 Å². The highest BCUT2D eigenvalue weighted by molar-refractivity contribution is 4.90. The Morgan fingerprint density at radius 3 is 2.11 bits per heavy atom. The number of hydrogen-bond donors (Lipinski definition) is 0. The molecule has 1 radical (unpaired) electrons. The molecule has 2 heteroatoms. The van der Waals surface area contributed by atoms with Gasteiger partial charge in [-0.15, -0.1) is 6.58 Å². The van der Waals surface area contributed by atoms with Crippen LogP contribution in [0.5, 0.6) is 0 Å². The summed E-state index contributed by atoms with van der Waals surface area (Å²) in [6.07, 6.45) is 16.6. The summed E-state index contributed by atoms with van der Waals surface area (Å²) in [7, 11) is 0. The van der Waals surface area contributed by atoms with E-state index < -0.39 is 0 Å². The molecule has 0 spiro atoms. The van der Waals surface area contributed by atoms with Gasteiger partial charge in [-0.3, -0.25) is 0 Å². The fraction of sp³-hybridized carbons (Fsp3) is 0.765. The van der Waals surface area contributed by atoms with Crippen molar-refractivity contribution in [2.24, 2.45) is 0 Å². The van der Waals surface area contributed by atoms with Crippen LogP contribution in [0, 0.1) is 0 Å². The quantitative estimate of drug-likeness (QED) is 0.383. The van der Waals surface area contributed by atoms with Crippen LogP contribution in [0.4, 0.5) is 0 Å². The van der Waals surface area contributed by atoms with Gasteiger partial charge in [-0.05, 0) is 31.8 Å². The van der Waals surface area contributed by atoms with Crippen LogP contribution in [0.3, 0.4) is 0 Å². The van der Waals surface area contributed by atoms with Gasteiger partial charge in [0.15, 0.2) is 12.6 Å². The molecule has 0 heterocycles. The van der Waals surface area contributed by atoms with Crippen LogP contribution >= 0.6 is 0 Å². The highest BCUT2D eigenvalue weighted by Gasteiger charge is 2.39. The SMILES string of the molecule is C=CCN(C1CCCC1)[N+](CC=C)C1CCCCC1. The summed E-state index contributed by atoms with van der Waals surface area (Å²) in [6.45, 7) is 9.93. The van der Waals surface area contributed by atoms with Gasteiger partial charge in [0.1, 0.15) is 0 Å². The van der Waals surface area contributed by atoms with E-state index in [4.69, 9.17) is 0 Å². The van der Waals surface area contributed by atoms with E-state index in [9.17, 15) is 0 Å². The normalized spacial score (nSPS) is 22.2. The van der Waals surface area contributed by atoms with Crippen molar-refractivity contribution in [2.75, 3.05) is 13.1 Å². The lowest BCUT2D eigenvalue weighted by atomic mass is 9.95. The third kappa shape index (κ3) is 3.93. The summed E-state index contributed by atoms with van der Waals surface area (Å²) in [5.41, 5.74) is 0. The van der Waals surface area contributed by atoms with Crippen LogP contribution < -0.4 is 5.01 Å². The monoisotopic (exact) mass is 262 g/mol. The number of hydrazine groups is 1. The summed E-state index contributed by atoms with van der Waals surface area (Å²) in [6, 6.07) is 1.46. The lowest BCUT2D eigenvalue weighted by Crippen LogP contribution is -2.57. The number of nitrogens with zero attached hydrogens (tertiary/aromatic N) is 2. The fourth-order valence-corrected chi connectivity index (χ4v) is 3.77. The predicted octanol–water partition coefficient (Wildman–Crippen LogP) is 3.99. The minimum atomic E-state index is 0.729. The first-order chi connectivity index (χ1) is 9.36. The third-order valence-corrected chi connectivity index (χ3v) is 4.70. The van der Waals surface area contributed by atoms with Crippen molar-refractivity contribution in [3.8, 4) is 0 Å². The minimum Gasteiger partial charge on any atom is -0.102 e. The molecule has 0 saturated heterocycles. The first-order valence-corrected chi connectivity index (χ1v) is 8.11. The van der Waals surface area contributed by atoms with E-state index in [2.05, 4.69) is 35.3 Å². The number of rotatable bonds is 7. The molecule has 0 amide bonds. The van der Waals surface area contributed by atoms with Gasteiger partial charge in [-0.25, -0.2) is 0 Å². The molecule has 2 aliphatic carbocycles. The molecule has 2 saturated carbocycles. The molecule has 0 aromatic rings. The topological polar surface area (TPSA) is 9.14 Å². The Balaban J connectivity index is 2.06. The van der Waals surface area contributed by atoms with Gasteiger partial charge in [0, 0.05) is 12.8 Å². The van der Waals surface area contributed by atoms with Crippen molar-refractivity contribution in [3.05, 3.63) is 25.3 Å². The average Bonchev–Trinajstić information content (AvgIpc) is 2.97. The smallest absolute Gasteiger partial charge is 0.102 e. The summed E-state index contributed by atoms with van der Waals surface area (Å²) in [5.74, 6) is 0. The predicted molar refractivity (Wildman–Crippen MR) is 83.2 cm³/mol. The van der Waals surface area contributed by atoms with Gasteiger partial charge in [0.2, 0.25) is 0 Å². The maximum atomic E-state index is 3.97. The molecule has 0 unspecified atom stereocenters. The zero-order valence-corrected chi connectivity index (χ0v) is 12.4. The standard InChI is InChI=1S/C17H30N2/c1-3-14-18(16-10-6-5-7-11-16)19(15-4-2)17-12-8-9-13-17/h3-4,16-17H,1-2,5-15H2/q+1. The van der Waals surface area contributed by atoms with Crippen molar-refractivity contribution in [1.29, 1.82) is 0 Å². The van der Waals surface area contributed by atoms with Crippen LogP contribution in [0.1, 0.15) is 57.8 Å².